The van der Waals surface area contributed by atoms with E-state index in [9.17, 15) is 4.79 Å². The summed E-state index contributed by atoms with van der Waals surface area (Å²) in [5.41, 5.74) is 0.498. The van der Waals surface area contributed by atoms with Gasteiger partial charge in [-0.2, -0.15) is 5.26 Å². The molecule has 0 fully saturated rings. The Hall–Kier alpha value is -2.32. The van der Waals surface area contributed by atoms with Gasteiger partial charge in [-0.3, -0.25) is 4.79 Å². The number of amides is 1. The van der Waals surface area contributed by atoms with Gasteiger partial charge in [-0.15, -0.1) is 11.3 Å². The average molecular weight is 272 g/mol. The van der Waals surface area contributed by atoms with Crippen LogP contribution in [0.4, 0.5) is 0 Å². The molecule has 2 rings (SSSR count). The van der Waals surface area contributed by atoms with Crippen molar-refractivity contribution in [2.75, 3.05) is 7.11 Å². The predicted molar refractivity (Wildman–Crippen MR) is 73.1 cm³/mol. The normalized spacial score (nSPS) is 11.4. The third-order valence-corrected chi connectivity index (χ3v) is 3.52. The molecule has 1 aromatic heterocycles. The van der Waals surface area contributed by atoms with Gasteiger partial charge < -0.3 is 10.1 Å². The van der Waals surface area contributed by atoms with Crippen molar-refractivity contribution in [3.8, 4) is 11.8 Å². The molecule has 0 spiro atoms. The van der Waals surface area contributed by atoms with Crippen LogP contribution >= 0.6 is 11.3 Å². The summed E-state index contributed by atoms with van der Waals surface area (Å²) in [4.78, 5) is 12.8. The predicted octanol–water partition coefficient (Wildman–Crippen LogP) is 2.75. The van der Waals surface area contributed by atoms with Crippen molar-refractivity contribution >= 4 is 17.2 Å². The molecule has 0 aliphatic carbocycles. The minimum atomic E-state index is -0.616. The average Bonchev–Trinajstić information content (AvgIpc) is 2.98. The Kier molecular flexibility index (Phi) is 4.16. The summed E-state index contributed by atoms with van der Waals surface area (Å²) < 4.78 is 5.03. The third-order valence-electron chi connectivity index (χ3n) is 2.58. The molecule has 1 N–H and O–H groups in total. The van der Waals surface area contributed by atoms with Gasteiger partial charge in [-0.05, 0) is 35.7 Å². The van der Waals surface area contributed by atoms with Crippen molar-refractivity contribution in [2.24, 2.45) is 0 Å². The minimum Gasteiger partial charge on any atom is -0.497 e. The molecule has 0 bridgehead atoms. The number of hydrogen-bond donors (Lipinski definition) is 1. The van der Waals surface area contributed by atoms with E-state index < -0.39 is 6.04 Å². The zero-order valence-electron chi connectivity index (χ0n) is 10.3. The number of ether oxygens (including phenoxy) is 1. The second kappa shape index (κ2) is 6.03. The molecular weight excluding hydrogens is 260 g/mol. The largest absolute Gasteiger partial charge is 0.497 e. The van der Waals surface area contributed by atoms with E-state index in [0.717, 1.165) is 4.88 Å². The molecule has 0 saturated heterocycles. The van der Waals surface area contributed by atoms with Gasteiger partial charge in [0.2, 0.25) is 0 Å². The van der Waals surface area contributed by atoms with Gasteiger partial charge in [0.25, 0.3) is 5.91 Å². The monoisotopic (exact) mass is 272 g/mol. The van der Waals surface area contributed by atoms with Crippen LogP contribution in [0, 0.1) is 11.3 Å². The molecule has 96 valence electrons. The highest BCUT2D eigenvalue weighted by Crippen LogP contribution is 2.19. The van der Waals surface area contributed by atoms with Crippen molar-refractivity contribution in [1.29, 1.82) is 5.26 Å². The first-order chi connectivity index (χ1) is 9.24. The van der Waals surface area contributed by atoms with Crippen LogP contribution in [-0.2, 0) is 0 Å². The number of nitriles is 1. The molecule has 0 radical (unpaired) electrons. The second-order valence-corrected chi connectivity index (χ2v) is 4.76. The zero-order valence-corrected chi connectivity index (χ0v) is 11.1. The quantitative estimate of drug-likeness (QED) is 0.930. The lowest BCUT2D eigenvalue weighted by Crippen LogP contribution is -2.26. The SMILES string of the molecule is COc1ccc(C(=O)NC(C#N)c2cccs2)cc1. The van der Waals surface area contributed by atoms with Gasteiger partial charge in [0.15, 0.2) is 6.04 Å². The van der Waals surface area contributed by atoms with Gasteiger partial charge in [0, 0.05) is 10.4 Å². The molecule has 0 aliphatic rings. The number of nitrogens with zero attached hydrogens (tertiary/aromatic N) is 1. The van der Waals surface area contributed by atoms with Crippen LogP contribution in [0.15, 0.2) is 41.8 Å². The molecule has 1 unspecified atom stereocenters. The van der Waals surface area contributed by atoms with E-state index in [-0.39, 0.29) is 5.91 Å². The minimum absolute atomic E-state index is 0.275. The first kappa shape index (κ1) is 13.1. The highest BCUT2D eigenvalue weighted by molar-refractivity contribution is 7.10. The lowest BCUT2D eigenvalue weighted by Gasteiger charge is -2.10. The lowest BCUT2D eigenvalue weighted by atomic mass is 10.2. The van der Waals surface area contributed by atoms with Crippen LogP contribution in [0.2, 0.25) is 0 Å². The van der Waals surface area contributed by atoms with Crippen molar-refractivity contribution in [2.45, 2.75) is 6.04 Å². The Bertz CT molecular complexity index is 585. The summed E-state index contributed by atoms with van der Waals surface area (Å²) in [5, 5.41) is 13.7. The number of thiophene rings is 1. The highest BCUT2D eigenvalue weighted by atomic mass is 32.1. The second-order valence-electron chi connectivity index (χ2n) is 3.78. The topological polar surface area (TPSA) is 62.1 Å². The van der Waals surface area contributed by atoms with Crippen molar-refractivity contribution in [3.63, 3.8) is 0 Å². The van der Waals surface area contributed by atoms with Crippen molar-refractivity contribution in [3.05, 3.63) is 52.2 Å². The fourth-order valence-electron chi connectivity index (χ4n) is 1.58. The molecule has 1 aromatic carbocycles. The van der Waals surface area contributed by atoms with Gasteiger partial charge in [-0.1, -0.05) is 6.07 Å². The summed E-state index contributed by atoms with van der Waals surface area (Å²) in [5.74, 6) is 0.411. The third kappa shape index (κ3) is 3.12. The van der Waals surface area contributed by atoms with E-state index in [1.807, 2.05) is 17.5 Å². The van der Waals surface area contributed by atoms with Crippen molar-refractivity contribution in [1.82, 2.24) is 5.32 Å². The summed E-state index contributed by atoms with van der Waals surface area (Å²) in [6.45, 7) is 0. The summed E-state index contributed by atoms with van der Waals surface area (Å²) in [6.07, 6.45) is 0. The fraction of sp³-hybridized carbons (Fsp3) is 0.143. The number of methoxy groups -OCH3 is 1. The van der Waals surface area contributed by atoms with Crippen LogP contribution in [0.3, 0.4) is 0 Å². The zero-order chi connectivity index (χ0) is 13.7. The van der Waals surface area contributed by atoms with Crippen LogP contribution in [0.25, 0.3) is 0 Å². The summed E-state index contributed by atoms with van der Waals surface area (Å²) in [7, 11) is 1.57. The molecule has 1 heterocycles. The maximum absolute atomic E-state index is 12.0. The Labute approximate surface area is 115 Å². The maximum Gasteiger partial charge on any atom is 0.252 e. The van der Waals surface area contributed by atoms with Gasteiger partial charge >= 0.3 is 0 Å². The summed E-state index contributed by atoms with van der Waals surface area (Å²) in [6, 6.07) is 11.9. The van der Waals surface area contributed by atoms with Gasteiger partial charge in [0.1, 0.15) is 5.75 Å². The first-order valence-electron chi connectivity index (χ1n) is 5.62. The van der Waals surface area contributed by atoms with E-state index in [1.54, 1.807) is 31.4 Å². The summed E-state index contributed by atoms with van der Waals surface area (Å²) >= 11 is 1.44. The fourth-order valence-corrected chi connectivity index (χ4v) is 2.30. The Morgan fingerprint density at radius 2 is 2.11 bits per heavy atom. The number of carbonyl (C=O) groups is 1. The number of benzene rings is 1. The number of hydrogen-bond acceptors (Lipinski definition) is 4. The first-order valence-corrected chi connectivity index (χ1v) is 6.50. The van der Waals surface area contributed by atoms with Gasteiger partial charge in [-0.25, -0.2) is 0 Å². The highest BCUT2D eigenvalue weighted by Gasteiger charge is 2.15. The Morgan fingerprint density at radius 1 is 1.37 bits per heavy atom. The maximum atomic E-state index is 12.0. The molecule has 5 heteroatoms. The van der Waals surface area contributed by atoms with Crippen LogP contribution in [0.5, 0.6) is 5.75 Å². The number of nitrogens with one attached hydrogen (secondary N) is 1. The molecule has 1 atom stereocenters. The van der Waals surface area contributed by atoms with Crippen LogP contribution in [-0.4, -0.2) is 13.0 Å². The molecule has 4 nitrogen and oxygen atoms in total. The Morgan fingerprint density at radius 3 is 2.63 bits per heavy atom. The molecule has 0 saturated carbocycles. The lowest BCUT2D eigenvalue weighted by molar-refractivity contribution is 0.0945. The number of carbonyl (C=O) groups excluding carboxylic acids is 1. The van der Waals surface area contributed by atoms with Crippen molar-refractivity contribution < 1.29 is 9.53 Å². The van der Waals surface area contributed by atoms with E-state index in [2.05, 4.69) is 11.4 Å². The molecule has 19 heavy (non-hydrogen) atoms. The molecule has 0 aliphatic heterocycles. The van der Waals surface area contributed by atoms with E-state index in [4.69, 9.17) is 10.00 Å². The number of rotatable bonds is 4. The molecular formula is C14H12N2O2S. The molecule has 1 amide bonds. The molecule has 2 aromatic rings. The Balaban J connectivity index is 2.09. The smallest absolute Gasteiger partial charge is 0.252 e. The van der Waals surface area contributed by atoms with Crippen LogP contribution in [0.1, 0.15) is 21.3 Å². The standard InChI is InChI=1S/C14H12N2O2S/c1-18-11-6-4-10(5-7-11)14(17)16-12(9-15)13-3-2-8-19-13/h2-8,12H,1H3,(H,16,17). The van der Waals surface area contributed by atoms with E-state index in [1.165, 1.54) is 11.3 Å². The van der Waals surface area contributed by atoms with Gasteiger partial charge in [0.05, 0.1) is 13.2 Å². The van der Waals surface area contributed by atoms with E-state index >= 15 is 0 Å². The van der Waals surface area contributed by atoms with Crippen LogP contribution < -0.4 is 10.1 Å². The van der Waals surface area contributed by atoms with E-state index in [0.29, 0.717) is 11.3 Å².